The summed E-state index contributed by atoms with van der Waals surface area (Å²) in [6.07, 6.45) is 2.55. The minimum Gasteiger partial charge on any atom is -0.478 e. The number of allylic oxidation sites excluding steroid dienone is 4. The SMILES string of the molecule is CO[C@H]1C[C@@H](C)[C@@]2(O)O[C@@H]1[C@@H](O)C[C@@H](C)C/C(C)=C/[C@@H](C/C=C/C(=O)O)C(=O)C[C@H](O)[C@@H](C)[C@@H](/C(C)=C/[C@@H]1CC[C@@H](O)[C@H](OC)C1)OC(=O)[C@@H]1CCCCN1C(=O)C2=O. The molecule has 1 saturated carbocycles. The monoisotopic (exact) mass is 833 g/mol. The van der Waals surface area contributed by atoms with Crippen molar-refractivity contribution in [2.45, 2.75) is 160 Å². The van der Waals surface area contributed by atoms with Crippen LogP contribution in [0.5, 0.6) is 0 Å². The van der Waals surface area contributed by atoms with Crippen LogP contribution in [0.3, 0.4) is 0 Å². The molecule has 14 atom stereocenters. The number of aliphatic hydroxyl groups excluding tert-OH is 3. The molecule has 3 fully saturated rings. The van der Waals surface area contributed by atoms with Crippen molar-refractivity contribution in [3.63, 3.8) is 0 Å². The number of Topliss-reactive ketones (excluding diaryl/α,β-unsaturated/α-hetero) is 2. The van der Waals surface area contributed by atoms with Crippen LogP contribution in [-0.2, 0) is 42.9 Å². The molecule has 0 unspecified atom stereocenters. The summed E-state index contributed by atoms with van der Waals surface area (Å²) in [4.78, 5) is 69.0. The molecule has 4 rings (SSSR count). The fraction of sp³-hybridized carbons (Fsp3) is 0.750. The van der Waals surface area contributed by atoms with Crippen LogP contribution in [0.25, 0.3) is 0 Å². The molecule has 3 aliphatic heterocycles. The van der Waals surface area contributed by atoms with Gasteiger partial charge in [-0.3, -0.25) is 14.4 Å². The van der Waals surface area contributed by atoms with Gasteiger partial charge in [0.2, 0.25) is 5.79 Å². The van der Waals surface area contributed by atoms with Gasteiger partial charge in [0.15, 0.2) is 0 Å². The maximum atomic E-state index is 14.3. The van der Waals surface area contributed by atoms with E-state index in [9.17, 15) is 49.5 Å². The Bertz CT molecular complexity index is 1590. The highest BCUT2D eigenvalue weighted by Gasteiger charge is 2.56. The molecule has 0 aromatic rings. The van der Waals surface area contributed by atoms with Crippen LogP contribution >= 0.6 is 0 Å². The van der Waals surface area contributed by atoms with Gasteiger partial charge in [0, 0.05) is 51.0 Å². The molecule has 0 radical (unpaired) electrons. The Labute approximate surface area is 347 Å². The number of esters is 1. The first-order valence-corrected chi connectivity index (χ1v) is 21.1. The van der Waals surface area contributed by atoms with Gasteiger partial charge in [-0.1, -0.05) is 44.6 Å². The largest absolute Gasteiger partial charge is 0.478 e. The van der Waals surface area contributed by atoms with Gasteiger partial charge in [0.1, 0.15) is 24.0 Å². The Balaban J connectivity index is 1.78. The summed E-state index contributed by atoms with van der Waals surface area (Å²) in [5, 5.41) is 54.8. The summed E-state index contributed by atoms with van der Waals surface area (Å²) in [6, 6.07) is -1.21. The van der Waals surface area contributed by atoms with Crippen molar-refractivity contribution < 1.29 is 68.5 Å². The Morgan fingerprint density at radius 1 is 0.932 bits per heavy atom. The highest BCUT2D eigenvalue weighted by molar-refractivity contribution is 6.39. The normalized spacial score (nSPS) is 40.1. The summed E-state index contributed by atoms with van der Waals surface area (Å²) in [5.41, 5.74) is 1.35. The fourth-order valence-electron chi connectivity index (χ4n) is 9.36. The van der Waals surface area contributed by atoms with E-state index in [1.54, 1.807) is 26.8 Å². The number of carbonyl (C=O) groups excluding carboxylic acids is 4. The predicted octanol–water partition coefficient (Wildman–Crippen LogP) is 3.44. The quantitative estimate of drug-likeness (QED) is 0.107. The molecule has 5 N–H and O–H groups in total. The zero-order valence-corrected chi connectivity index (χ0v) is 35.7. The number of aliphatic hydroxyl groups is 4. The predicted molar refractivity (Wildman–Crippen MR) is 214 cm³/mol. The molecule has 3 heterocycles. The topological polar surface area (TPSA) is 227 Å². The van der Waals surface area contributed by atoms with Crippen LogP contribution in [0.1, 0.15) is 105 Å². The molecule has 15 nitrogen and oxygen atoms in total. The van der Waals surface area contributed by atoms with Gasteiger partial charge in [-0.15, -0.1) is 0 Å². The number of rotatable bonds is 7. The van der Waals surface area contributed by atoms with Crippen LogP contribution < -0.4 is 0 Å². The minimum atomic E-state index is -2.63. The van der Waals surface area contributed by atoms with Gasteiger partial charge in [-0.25, -0.2) is 9.59 Å². The van der Waals surface area contributed by atoms with Crippen molar-refractivity contribution >= 4 is 29.4 Å². The Morgan fingerprint density at radius 3 is 2.29 bits per heavy atom. The van der Waals surface area contributed by atoms with E-state index in [1.165, 1.54) is 20.3 Å². The molecule has 1 aliphatic carbocycles. The second-order valence-electron chi connectivity index (χ2n) is 17.5. The van der Waals surface area contributed by atoms with Crippen molar-refractivity contribution in [3.05, 3.63) is 35.5 Å². The average Bonchev–Trinajstić information content (AvgIpc) is 3.19. The lowest BCUT2D eigenvalue weighted by molar-refractivity contribution is -0.301. The number of amides is 1. The number of fused-ring (bicyclic) bond motifs is 3. The number of piperidine rings is 1. The van der Waals surface area contributed by atoms with E-state index in [4.69, 9.17) is 18.9 Å². The van der Waals surface area contributed by atoms with E-state index in [-0.39, 0.29) is 56.3 Å². The average molecular weight is 834 g/mol. The first-order valence-electron chi connectivity index (χ1n) is 21.1. The lowest BCUT2D eigenvalue weighted by atomic mass is 9.81. The van der Waals surface area contributed by atoms with Gasteiger partial charge in [-0.05, 0) is 95.5 Å². The Kier molecular flexibility index (Phi) is 17.6. The van der Waals surface area contributed by atoms with Gasteiger partial charge >= 0.3 is 11.9 Å². The Hall–Kier alpha value is -3.31. The number of nitrogens with zero attached hydrogens (tertiary/aromatic N) is 1. The highest BCUT2D eigenvalue weighted by Crippen LogP contribution is 2.39. The first-order chi connectivity index (χ1) is 27.8. The van der Waals surface area contributed by atoms with Crippen LogP contribution in [0, 0.1) is 29.6 Å². The molecule has 0 aromatic heterocycles. The number of carboxylic acids is 1. The van der Waals surface area contributed by atoms with Gasteiger partial charge in [0.25, 0.3) is 11.7 Å². The number of ether oxygens (including phenoxy) is 4. The van der Waals surface area contributed by atoms with Gasteiger partial charge in [0.05, 0.1) is 30.5 Å². The fourth-order valence-corrected chi connectivity index (χ4v) is 9.36. The van der Waals surface area contributed by atoms with Crippen molar-refractivity contribution in [2.75, 3.05) is 20.8 Å². The maximum Gasteiger partial charge on any atom is 0.329 e. The molecular weight excluding hydrogens is 766 g/mol. The summed E-state index contributed by atoms with van der Waals surface area (Å²) in [7, 11) is 2.96. The minimum absolute atomic E-state index is 0.0259. The molecule has 332 valence electrons. The van der Waals surface area contributed by atoms with Crippen LogP contribution in [0.2, 0.25) is 0 Å². The maximum absolute atomic E-state index is 14.3. The van der Waals surface area contributed by atoms with E-state index in [2.05, 4.69) is 0 Å². The third-order valence-corrected chi connectivity index (χ3v) is 12.8. The molecule has 1 amide bonds. The molecular formula is C44H67NO14. The molecule has 0 spiro atoms. The molecule has 4 aliphatic rings. The van der Waals surface area contributed by atoms with E-state index in [1.807, 2.05) is 19.9 Å². The smallest absolute Gasteiger partial charge is 0.329 e. The summed E-state index contributed by atoms with van der Waals surface area (Å²) >= 11 is 0. The van der Waals surface area contributed by atoms with Crippen LogP contribution in [0.15, 0.2) is 35.5 Å². The number of methoxy groups -OCH3 is 2. The zero-order valence-electron chi connectivity index (χ0n) is 35.7. The Morgan fingerprint density at radius 2 is 1.63 bits per heavy atom. The van der Waals surface area contributed by atoms with Gasteiger partial charge < -0.3 is 49.4 Å². The number of hydrogen-bond donors (Lipinski definition) is 5. The van der Waals surface area contributed by atoms with Crippen molar-refractivity contribution in [2.24, 2.45) is 29.6 Å². The van der Waals surface area contributed by atoms with E-state index in [0.717, 1.165) is 16.5 Å². The van der Waals surface area contributed by atoms with Crippen LogP contribution in [0.4, 0.5) is 0 Å². The van der Waals surface area contributed by atoms with Crippen molar-refractivity contribution in [3.8, 4) is 0 Å². The van der Waals surface area contributed by atoms with Crippen molar-refractivity contribution in [1.82, 2.24) is 4.90 Å². The first kappa shape index (κ1) is 48.4. The summed E-state index contributed by atoms with van der Waals surface area (Å²) < 4.78 is 23.4. The zero-order chi connectivity index (χ0) is 43.8. The summed E-state index contributed by atoms with van der Waals surface area (Å²) in [5.74, 6) is -10.2. The lowest BCUT2D eigenvalue weighted by Gasteiger charge is -2.46. The molecule has 59 heavy (non-hydrogen) atoms. The van der Waals surface area contributed by atoms with Gasteiger partial charge in [-0.2, -0.15) is 0 Å². The number of aliphatic carboxylic acids is 1. The number of hydrogen-bond acceptors (Lipinski definition) is 13. The van der Waals surface area contributed by atoms with Crippen molar-refractivity contribution in [1.29, 1.82) is 0 Å². The second-order valence-corrected chi connectivity index (χ2v) is 17.5. The molecule has 2 saturated heterocycles. The number of ketones is 2. The highest BCUT2D eigenvalue weighted by atomic mass is 16.7. The number of carboxylic acid groups (broad SMARTS) is 1. The van der Waals surface area contributed by atoms with Crippen LogP contribution in [-0.4, -0.2) is 135 Å². The summed E-state index contributed by atoms with van der Waals surface area (Å²) in [6.45, 7) is 8.69. The van der Waals surface area contributed by atoms with E-state index >= 15 is 0 Å². The van der Waals surface area contributed by atoms with E-state index in [0.29, 0.717) is 44.1 Å². The lowest BCUT2D eigenvalue weighted by Crippen LogP contribution is -2.64. The number of carbonyl (C=O) groups is 5. The number of cyclic esters (lactones) is 1. The third-order valence-electron chi connectivity index (χ3n) is 12.8. The molecule has 15 heteroatoms. The third kappa shape index (κ3) is 12.2. The second kappa shape index (κ2) is 21.5. The molecule has 0 aromatic carbocycles. The van der Waals surface area contributed by atoms with E-state index < -0.39 is 95.9 Å². The standard InChI is InChI=1S/C44H67NO14/c1-24-17-25(2)19-35(49)40-37(57-7)21-27(4)44(55,59-40)41(52)42(53)45-16-9-8-12-31(45)43(54)58-39(26(3)20-29-14-15-32(46)36(22-29)56-6)28(5)33(47)23-34(48)30(18-24)11-10-13-38(50)51/h10,13,18,20,25,27-33,35-37,39-40,46-47,49,55H,8-9,11-12,14-17,19,21-23H2,1-7H3,(H,50,51)/b13-10+,24-18+,26-20+/t25-,27+,28+,29-,30+,31-,32+,33-,35-,36+,37-,39+,40+,44+/m0/s1. The molecule has 2 bridgehead atoms.